The van der Waals surface area contributed by atoms with E-state index in [0.717, 1.165) is 5.56 Å². The van der Waals surface area contributed by atoms with E-state index in [-0.39, 0.29) is 5.78 Å². The molecule has 1 aromatic rings. The van der Waals surface area contributed by atoms with Crippen molar-refractivity contribution in [3.8, 4) is 0 Å². The van der Waals surface area contributed by atoms with E-state index in [0.29, 0.717) is 18.7 Å². The number of allylic oxidation sites excluding steroid dienone is 1. The topological polar surface area (TPSA) is 46.6 Å². The quantitative estimate of drug-likeness (QED) is 0.789. The van der Waals surface area contributed by atoms with E-state index < -0.39 is 11.7 Å². The molecule has 0 saturated heterocycles. The summed E-state index contributed by atoms with van der Waals surface area (Å²) in [5, 5.41) is 0. The van der Waals surface area contributed by atoms with Gasteiger partial charge in [-0.25, -0.2) is 4.79 Å². The number of rotatable bonds is 1. The van der Waals surface area contributed by atoms with Crippen LogP contribution in [0.2, 0.25) is 0 Å². The highest BCUT2D eigenvalue weighted by Crippen LogP contribution is 2.25. The zero-order valence-corrected chi connectivity index (χ0v) is 12.1. The average molecular weight is 273 g/mol. The summed E-state index contributed by atoms with van der Waals surface area (Å²) in [6.07, 6.45) is 1.43. The van der Waals surface area contributed by atoms with Crippen LogP contribution in [0.25, 0.3) is 5.70 Å². The zero-order chi connectivity index (χ0) is 14.8. The molecule has 1 heterocycles. The fraction of sp³-hybridized carbons (Fsp3) is 0.375. The van der Waals surface area contributed by atoms with Crippen molar-refractivity contribution in [3.05, 3.63) is 42.0 Å². The summed E-state index contributed by atoms with van der Waals surface area (Å²) in [6.45, 7) is 5.83. The third-order valence-electron chi connectivity index (χ3n) is 2.85. The van der Waals surface area contributed by atoms with Crippen molar-refractivity contribution in [3.63, 3.8) is 0 Å². The van der Waals surface area contributed by atoms with Crippen LogP contribution in [0.1, 0.15) is 32.8 Å². The highest BCUT2D eigenvalue weighted by molar-refractivity contribution is 6.01. The van der Waals surface area contributed by atoms with Gasteiger partial charge >= 0.3 is 6.09 Å². The Hall–Kier alpha value is -2.10. The zero-order valence-electron chi connectivity index (χ0n) is 12.1. The second-order valence-corrected chi connectivity index (χ2v) is 5.74. The Morgan fingerprint density at radius 1 is 1.20 bits per heavy atom. The molecule has 4 nitrogen and oxygen atoms in total. The summed E-state index contributed by atoms with van der Waals surface area (Å²) in [6, 6.07) is 9.40. The van der Waals surface area contributed by atoms with Gasteiger partial charge in [0.15, 0.2) is 5.78 Å². The molecule has 1 aromatic carbocycles. The van der Waals surface area contributed by atoms with Gasteiger partial charge in [0, 0.05) is 19.0 Å². The van der Waals surface area contributed by atoms with Crippen LogP contribution in [0.3, 0.4) is 0 Å². The Bertz CT molecular complexity index is 541. The van der Waals surface area contributed by atoms with Gasteiger partial charge in [0.2, 0.25) is 0 Å². The van der Waals surface area contributed by atoms with Crippen molar-refractivity contribution in [2.24, 2.45) is 0 Å². The molecule has 0 unspecified atom stereocenters. The van der Waals surface area contributed by atoms with Crippen molar-refractivity contribution >= 4 is 17.6 Å². The number of amides is 1. The number of nitrogens with zero attached hydrogens (tertiary/aromatic N) is 1. The maximum atomic E-state index is 12.3. The van der Waals surface area contributed by atoms with E-state index in [9.17, 15) is 9.59 Å². The molecule has 0 atom stereocenters. The first-order chi connectivity index (χ1) is 9.37. The predicted octanol–water partition coefficient (Wildman–Crippen LogP) is 3.24. The maximum Gasteiger partial charge on any atom is 0.414 e. The van der Waals surface area contributed by atoms with Crippen LogP contribution in [0, 0.1) is 0 Å². The van der Waals surface area contributed by atoms with Gasteiger partial charge in [0.25, 0.3) is 0 Å². The Morgan fingerprint density at radius 2 is 1.85 bits per heavy atom. The lowest BCUT2D eigenvalue weighted by atomic mass is 10.0. The van der Waals surface area contributed by atoms with Gasteiger partial charge in [-0.3, -0.25) is 9.69 Å². The molecule has 0 spiro atoms. The van der Waals surface area contributed by atoms with E-state index in [4.69, 9.17) is 4.74 Å². The molecule has 0 fully saturated rings. The summed E-state index contributed by atoms with van der Waals surface area (Å²) in [4.78, 5) is 25.4. The highest BCUT2D eigenvalue weighted by Gasteiger charge is 2.28. The van der Waals surface area contributed by atoms with E-state index in [1.807, 2.05) is 51.1 Å². The molecule has 1 aliphatic rings. The van der Waals surface area contributed by atoms with Gasteiger partial charge < -0.3 is 4.74 Å². The highest BCUT2D eigenvalue weighted by atomic mass is 16.6. The lowest BCUT2D eigenvalue weighted by Crippen LogP contribution is -2.38. The molecule has 0 aliphatic carbocycles. The van der Waals surface area contributed by atoms with Gasteiger partial charge in [-0.1, -0.05) is 30.3 Å². The van der Waals surface area contributed by atoms with Crippen molar-refractivity contribution in [1.82, 2.24) is 4.90 Å². The van der Waals surface area contributed by atoms with Crippen LogP contribution in [0.4, 0.5) is 4.79 Å². The molecule has 1 amide bonds. The molecule has 0 saturated carbocycles. The molecular formula is C16H19NO3. The summed E-state index contributed by atoms with van der Waals surface area (Å²) < 4.78 is 5.40. The number of carbonyl (C=O) groups is 2. The molecule has 0 radical (unpaired) electrons. The first-order valence-electron chi connectivity index (χ1n) is 6.67. The molecule has 0 bridgehead atoms. The van der Waals surface area contributed by atoms with Gasteiger partial charge in [-0.05, 0) is 26.3 Å². The standard InChI is InChI=1S/C16H19NO3/c1-16(2,3)20-15(19)17-10-9-13(18)11-14(17)12-7-5-4-6-8-12/h4-8,11H,9-10H2,1-3H3. The van der Waals surface area contributed by atoms with E-state index in [1.165, 1.54) is 11.0 Å². The first-order valence-corrected chi connectivity index (χ1v) is 6.67. The first kappa shape index (κ1) is 14.3. The monoisotopic (exact) mass is 273 g/mol. The second-order valence-electron chi connectivity index (χ2n) is 5.74. The molecule has 20 heavy (non-hydrogen) atoms. The van der Waals surface area contributed by atoms with Crippen molar-refractivity contribution in [2.45, 2.75) is 32.8 Å². The maximum absolute atomic E-state index is 12.3. The molecule has 4 heteroatoms. The summed E-state index contributed by atoms with van der Waals surface area (Å²) in [7, 11) is 0. The van der Waals surface area contributed by atoms with Crippen molar-refractivity contribution in [1.29, 1.82) is 0 Å². The van der Waals surface area contributed by atoms with Crippen LogP contribution in [0.5, 0.6) is 0 Å². The molecule has 1 aliphatic heterocycles. The van der Waals surface area contributed by atoms with Crippen molar-refractivity contribution in [2.75, 3.05) is 6.54 Å². The van der Waals surface area contributed by atoms with Gasteiger partial charge in [0.05, 0.1) is 5.70 Å². The molecule has 2 rings (SSSR count). The normalized spacial score (nSPS) is 15.8. The van der Waals surface area contributed by atoms with Gasteiger partial charge in [0.1, 0.15) is 5.60 Å². The third kappa shape index (κ3) is 3.47. The SMILES string of the molecule is CC(C)(C)OC(=O)N1CCC(=O)C=C1c1ccccc1. The van der Waals surface area contributed by atoms with Crippen LogP contribution in [0.15, 0.2) is 36.4 Å². The Kier molecular flexibility index (Phi) is 3.93. The minimum absolute atomic E-state index is 0.0312. The van der Waals surface area contributed by atoms with Gasteiger partial charge in [-0.15, -0.1) is 0 Å². The lowest BCUT2D eigenvalue weighted by Gasteiger charge is -2.31. The summed E-state index contributed by atoms with van der Waals surface area (Å²) in [5.74, 6) is 0.0312. The van der Waals surface area contributed by atoms with Crippen LogP contribution in [-0.4, -0.2) is 28.9 Å². The Morgan fingerprint density at radius 3 is 2.45 bits per heavy atom. The van der Waals surface area contributed by atoms with Crippen LogP contribution < -0.4 is 0 Å². The number of hydrogen-bond acceptors (Lipinski definition) is 3. The minimum atomic E-state index is -0.555. The van der Waals surface area contributed by atoms with E-state index >= 15 is 0 Å². The number of carbonyl (C=O) groups excluding carboxylic acids is 2. The predicted molar refractivity (Wildman–Crippen MR) is 77.0 cm³/mol. The fourth-order valence-electron chi connectivity index (χ4n) is 2.00. The van der Waals surface area contributed by atoms with Crippen LogP contribution >= 0.6 is 0 Å². The molecular weight excluding hydrogens is 254 g/mol. The smallest absolute Gasteiger partial charge is 0.414 e. The number of benzene rings is 1. The van der Waals surface area contributed by atoms with Gasteiger partial charge in [-0.2, -0.15) is 0 Å². The average Bonchev–Trinajstić information content (AvgIpc) is 2.37. The lowest BCUT2D eigenvalue weighted by molar-refractivity contribution is -0.115. The molecule has 0 aromatic heterocycles. The number of hydrogen-bond donors (Lipinski definition) is 0. The Balaban J connectivity index is 2.30. The second kappa shape index (κ2) is 5.49. The third-order valence-corrected chi connectivity index (χ3v) is 2.85. The molecule has 106 valence electrons. The summed E-state index contributed by atoms with van der Waals surface area (Å²) in [5.41, 5.74) is 0.892. The number of ketones is 1. The van der Waals surface area contributed by atoms with Crippen LogP contribution in [-0.2, 0) is 9.53 Å². The van der Waals surface area contributed by atoms with Crippen molar-refractivity contribution < 1.29 is 14.3 Å². The summed E-state index contributed by atoms with van der Waals surface area (Å²) >= 11 is 0. The number of ether oxygens (including phenoxy) is 1. The minimum Gasteiger partial charge on any atom is -0.443 e. The largest absolute Gasteiger partial charge is 0.443 e. The van der Waals surface area contributed by atoms with E-state index in [2.05, 4.69) is 0 Å². The molecule has 0 N–H and O–H groups in total. The fourth-order valence-corrected chi connectivity index (χ4v) is 2.00. The van der Waals surface area contributed by atoms with E-state index in [1.54, 1.807) is 0 Å². The Labute approximate surface area is 119 Å².